The number of amides is 2. The molecule has 0 aromatic heterocycles. The van der Waals surface area contributed by atoms with Gasteiger partial charge in [0, 0.05) is 12.6 Å². The van der Waals surface area contributed by atoms with E-state index in [-0.39, 0.29) is 35.5 Å². The number of carbonyl (C=O) groups is 2. The van der Waals surface area contributed by atoms with Crippen LogP contribution >= 0.6 is 0 Å². The van der Waals surface area contributed by atoms with Crippen LogP contribution in [-0.4, -0.2) is 50.9 Å². The number of methoxy groups -OCH3 is 1. The number of sulfonamides is 1. The summed E-state index contributed by atoms with van der Waals surface area (Å²) in [5, 5.41) is 2.84. The van der Waals surface area contributed by atoms with Gasteiger partial charge in [0.15, 0.2) is 0 Å². The molecule has 0 aliphatic rings. The molecule has 2 amide bonds. The lowest BCUT2D eigenvalue weighted by Gasteiger charge is -2.33. The third-order valence-corrected chi connectivity index (χ3v) is 8.11. The molecule has 0 aliphatic carbocycles. The number of nitrogens with zero attached hydrogens (tertiary/aromatic N) is 2. The molecular weight excluding hydrogens is 533 g/mol. The molecule has 0 radical (unpaired) electrons. The van der Waals surface area contributed by atoms with Crippen molar-refractivity contribution in [2.45, 2.75) is 57.6 Å². The summed E-state index contributed by atoms with van der Waals surface area (Å²) in [6.07, 6.45) is 0.283. The topological polar surface area (TPSA) is 96.0 Å². The van der Waals surface area contributed by atoms with Crippen molar-refractivity contribution in [2.75, 3.05) is 18.0 Å². The second kappa shape index (κ2) is 13.4. The van der Waals surface area contributed by atoms with Gasteiger partial charge < -0.3 is 15.0 Å². The Labute approximate surface area is 235 Å². The first-order valence-corrected chi connectivity index (χ1v) is 14.5. The number of para-hydroxylation sites is 1. The molecule has 0 saturated carbocycles. The Kier molecular flexibility index (Phi) is 10.3. The number of anilines is 1. The van der Waals surface area contributed by atoms with Crippen LogP contribution in [0.25, 0.3) is 0 Å². The fourth-order valence-corrected chi connectivity index (χ4v) is 5.65. The van der Waals surface area contributed by atoms with Crippen molar-refractivity contribution in [3.8, 4) is 5.75 Å². The second-order valence-corrected chi connectivity index (χ2v) is 11.6. The van der Waals surface area contributed by atoms with Crippen molar-refractivity contribution >= 4 is 27.5 Å². The minimum atomic E-state index is -4.35. The maximum absolute atomic E-state index is 15.0. The number of halogens is 1. The van der Waals surface area contributed by atoms with Gasteiger partial charge in [-0.2, -0.15) is 0 Å². The minimum Gasteiger partial charge on any atom is -0.497 e. The van der Waals surface area contributed by atoms with Crippen LogP contribution in [0.4, 0.5) is 10.1 Å². The fraction of sp³-hybridized carbons (Fsp3) is 0.333. The molecule has 214 valence electrons. The van der Waals surface area contributed by atoms with Crippen molar-refractivity contribution in [3.63, 3.8) is 0 Å². The van der Waals surface area contributed by atoms with Gasteiger partial charge >= 0.3 is 0 Å². The summed E-state index contributed by atoms with van der Waals surface area (Å²) in [4.78, 5) is 28.4. The van der Waals surface area contributed by atoms with Gasteiger partial charge in [0.05, 0.1) is 17.7 Å². The lowest BCUT2D eigenvalue weighted by molar-refractivity contribution is -0.140. The van der Waals surface area contributed by atoms with Gasteiger partial charge in [-0.1, -0.05) is 48.9 Å². The molecule has 3 aromatic carbocycles. The first-order valence-electron chi connectivity index (χ1n) is 13.0. The van der Waals surface area contributed by atoms with Crippen LogP contribution in [0.2, 0.25) is 0 Å². The van der Waals surface area contributed by atoms with Crippen LogP contribution < -0.4 is 14.4 Å². The second-order valence-electron chi connectivity index (χ2n) is 9.73. The first kappa shape index (κ1) is 30.6. The number of aryl methyl sites for hydroxylation is 1. The number of hydrogen-bond acceptors (Lipinski definition) is 5. The SMILES string of the molecule is CC[C@H](C(=O)NC(C)C)N(Cc1ccc(OC)cc1)C(=O)CN(c1ccccc1F)S(=O)(=O)c1ccc(C)cc1. The van der Waals surface area contributed by atoms with Crippen LogP contribution in [0, 0.1) is 12.7 Å². The van der Waals surface area contributed by atoms with Crippen molar-refractivity contribution in [1.29, 1.82) is 0 Å². The number of carbonyl (C=O) groups excluding carboxylic acids is 2. The van der Waals surface area contributed by atoms with Crippen LogP contribution in [-0.2, 0) is 26.2 Å². The molecule has 3 rings (SSSR count). The Morgan fingerprint density at radius 1 is 0.975 bits per heavy atom. The fourth-order valence-electron chi connectivity index (χ4n) is 4.23. The molecule has 8 nitrogen and oxygen atoms in total. The van der Waals surface area contributed by atoms with Crippen molar-refractivity contribution in [1.82, 2.24) is 10.2 Å². The zero-order valence-electron chi connectivity index (χ0n) is 23.4. The lowest BCUT2D eigenvalue weighted by atomic mass is 10.1. The van der Waals surface area contributed by atoms with E-state index in [1.807, 2.05) is 20.8 Å². The molecule has 3 aromatic rings. The summed E-state index contributed by atoms with van der Waals surface area (Å²) >= 11 is 0. The van der Waals surface area contributed by atoms with Crippen LogP contribution in [0.5, 0.6) is 5.75 Å². The van der Waals surface area contributed by atoms with Gasteiger partial charge in [-0.25, -0.2) is 12.8 Å². The number of ether oxygens (including phenoxy) is 1. The molecule has 1 atom stereocenters. The van der Waals surface area contributed by atoms with Gasteiger partial charge in [-0.05, 0) is 69.2 Å². The zero-order valence-corrected chi connectivity index (χ0v) is 24.2. The molecule has 1 N–H and O–H groups in total. The quantitative estimate of drug-likeness (QED) is 0.342. The molecule has 40 heavy (non-hydrogen) atoms. The van der Waals surface area contributed by atoms with E-state index in [0.717, 1.165) is 15.9 Å². The average molecular weight is 570 g/mol. The third-order valence-electron chi connectivity index (χ3n) is 6.34. The van der Waals surface area contributed by atoms with E-state index >= 15 is 4.39 Å². The number of benzene rings is 3. The predicted molar refractivity (Wildman–Crippen MR) is 153 cm³/mol. The normalized spacial score (nSPS) is 12.1. The van der Waals surface area contributed by atoms with Gasteiger partial charge in [0.25, 0.3) is 10.0 Å². The lowest BCUT2D eigenvalue weighted by Crippen LogP contribution is -2.53. The highest BCUT2D eigenvalue weighted by Gasteiger charge is 2.34. The minimum absolute atomic E-state index is 0.0303. The Morgan fingerprint density at radius 3 is 2.15 bits per heavy atom. The monoisotopic (exact) mass is 569 g/mol. The number of nitrogens with one attached hydrogen (secondary N) is 1. The number of rotatable bonds is 12. The van der Waals surface area contributed by atoms with Gasteiger partial charge in [0.2, 0.25) is 11.8 Å². The van der Waals surface area contributed by atoms with E-state index in [1.165, 1.54) is 35.2 Å². The molecule has 0 unspecified atom stereocenters. The van der Waals surface area contributed by atoms with E-state index in [0.29, 0.717) is 11.3 Å². The molecule has 0 spiro atoms. The van der Waals surface area contributed by atoms with Gasteiger partial charge in [0.1, 0.15) is 24.2 Å². The zero-order chi connectivity index (χ0) is 29.4. The molecule has 0 saturated heterocycles. The predicted octanol–water partition coefficient (Wildman–Crippen LogP) is 4.67. The molecule has 0 aliphatic heterocycles. The van der Waals surface area contributed by atoms with Crippen LogP contribution in [0.15, 0.2) is 77.7 Å². The van der Waals surface area contributed by atoms with Gasteiger partial charge in [-0.3, -0.25) is 13.9 Å². The molecule has 0 bridgehead atoms. The van der Waals surface area contributed by atoms with Crippen LogP contribution in [0.1, 0.15) is 38.3 Å². The van der Waals surface area contributed by atoms with Crippen molar-refractivity contribution < 1.29 is 27.1 Å². The summed E-state index contributed by atoms with van der Waals surface area (Å²) in [5.74, 6) is -1.18. The van der Waals surface area contributed by atoms with Gasteiger partial charge in [-0.15, -0.1) is 0 Å². The highest BCUT2D eigenvalue weighted by Crippen LogP contribution is 2.27. The largest absolute Gasteiger partial charge is 0.497 e. The molecular formula is C30H36FN3O5S. The van der Waals surface area contributed by atoms with E-state index in [9.17, 15) is 18.0 Å². The standard InChI is InChI=1S/C30H36FN3O5S/c1-6-27(30(36)32-21(2)3)33(19-23-13-15-24(39-5)16-14-23)29(35)20-34(28-10-8-7-9-26(28)31)40(37,38)25-17-11-22(4)12-18-25/h7-18,21,27H,6,19-20H2,1-5H3,(H,32,36)/t27-/m1/s1. The molecule has 10 heteroatoms. The van der Waals surface area contributed by atoms with E-state index in [4.69, 9.17) is 4.74 Å². The first-order chi connectivity index (χ1) is 19.0. The van der Waals surface area contributed by atoms with E-state index in [2.05, 4.69) is 5.32 Å². The van der Waals surface area contributed by atoms with Crippen molar-refractivity contribution in [2.24, 2.45) is 0 Å². The smallest absolute Gasteiger partial charge is 0.264 e. The molecule has 0 fully saturated rings. The van der Waals surface area contributed by atoms with E-state index < -0.39 is 34.3 Å². The Bertz CT molecular complexity index is 1410. The molecule has 0 heterocycles. The summed E-state index contributed by atoms with van der Waals surface area (Å²) in [7, 11) is -2.81. The summed E-state index contributed by atoms with van der Waals surface area (Å²) in [6, 6.07) is 17.4. The van der Waals surface area contributed by atoms with E-state index in [1.54, 1.807) is 50.4 Å². The Morgan fingerprint density at radius 2 is 1.60 bits per heavy atom. The highest BCUT2D eigenvalue weighted by atomic mass is 32.2. The summed E-state index contributed by atoms with van der Waals surface area (Å²) in [5.41, 5.74) is 1.30. The number of hydrogen-bond donors (Lipinski definition) is 1. The Balaban J connectivity index is 2.07. The third kappa shape index (κ3) is 7.38. The maximum Gasteiger partial charge on any atom is 0.264 e. The van der Waals surface area contributed by atoms with Crippen molar-refractivity contribution in [3.05, 3.63) is 89.7 Å². The average Bonchev–Trinajstić information content (AvgIpc) is 2.92. The highest BCUT2D eigenvalue weighted by molar-refractivity contribution is 7.92. The van der Waals surface area contributed by atoms with Crippen LogP contribution in [0.3, 0.4) is 0 Å². The maximum atomic E-state index is 15.0. The summed E-state index contributed by atoms with van der Waals surface area (Å²) in [6.45, 7) is 6.54. The summed E-state index contributed by atoms with van der Waals surface area (Å²) < 4.78 is 48.6. The Hall–Kier alpha value is -3.92.